The molecule has 0 aliphatic heterocycles. The van der Waals surface area contributed by atoms with E-state index in [0.29, 0.717) is 0 Å². The molecule has 0 aromatic heterocycles. The molecule has 0 fully saturated rings. The third kappa shape index (κ3) is 2.90. The molecule has 0 radical (unpaired) electrons. The molecule has 1 rings (SSSR count). The minimum atomic E-state index is -3.72. The summed E-state index contributed by atoms with van der Waals surface area (Å²) in [5.74, 6) is 0. The van der Waals surface area contributed by atoms with Crippen LogP contribution in [0.5, 0.6) is 0 Å². The summed E-state index contributed by atoms with van der Waals surface area (Å²) in [7, 11) is -3.72. The number of rotatable bonds is 3. The van der Waals surface area contributed by atoms with Gasteiger partial charge in [0.1, 0.15) is 0 Å². The summed E-state index contributed by atoms with van der Waals surface area (Å²) >= 11 is -1.86. The Hall–Kier alpha value is -0.180. The summed E-state index contributed by atoms with van der Waals surface area (Å²) in [5.41, 5.74) is 0.972. The van der Waals surface area contributed by atoms with Crippen LogP contribution in [0.2, 0.25) is 0 Å². The maximum absolute atomic E-state index is 11.2. The van der Waals surface area contributed by atoms with Crippen molar-refractivity contribution in [1.29, 1.82) is 0 Å². The third-order valence-corrected chi connectivity index (χ3v) is 4.57. The van der Waals surface area contributed by atoms with Gasteiger partial charge >= 0.3 is 88.2 Å². The molecule has 0 spiro atoms. The number of hydrogen-bond acceptors (Lipinski definition) is 4. The molecule has 0 atom stereocenters. The van der Waals surface area contributed by atoms with E-state index in [9.17, 15) is 8.42 Å². The molecule has 0 unspecified atom stereocenters. The zero-order valence-electron chi connectivity index (χ0n) is 6.80. The van der Waals surface area contributed by atoms with Crippen LogP contribution in [0.1, 0.15) is 5.56 Å². The van der Waals surface area contributed by atoms with Crippen molar-refractivity contribution in [2.75, 3.05) is 0 Å². The van der Waals surface area contributed by atoms with E-state index in [1.165, 1.54) is 12.1 Å². The Morgan fingerprint density at radius 3 is 2.31 bits per heavy atom. The van der Waals surface area contributed by atoms with Crippen LogP contribution >= 0.6 is 22.0 Å². The fourth-order valence-electron chi connectivity index (χ4n) is 0.784. The Kier molecular flexibility index (Phi) is 3.65. The molecule has 1 N–H and O–H groups in total. The van der Waals surface area contributed by atoms with Gasteiger partial charge in [0.05, 0.1) is 0 Å². The summed E-state index contributed by atoms with van der Waals surface area (Å²) in [6, 6.07) is 6.25. The van der Waals surface area contributed by atoms with Gasteiger partial charge in [0, 0.05) is 0 Å². The molecule has 0 amide bonds. The van der Waals surface area contributed by atoms with Gasteiger partial charge in [-0.25, -0.2) is 0 Å². The van der Waals surface area contributed by atoms with Crippen molar-refractivity contribution in [2.24, 2.45) is 0 Å². The molecule has 0 aliphatic rings. The molecule has 1 aromatic carbocycles. The molecule has 0 saturated carbocycles. The molecule has 74 valence electrons. The van der Waals surface area contributed by atoms with Crippen molar-refractivity contribution in [2.45, 2.75) is 11.8 Å². The second kappa shape index (κ2) is 4.36. The van der Waals surface area contributed by atoms with Gasteiger partial charge in [0.25, 0.3) is 0 Å². The molecular weight excluding hydrogens is 307 g/mol. The quantitative estimate of drug-likeness (QED) is 0.852. The second-order valence-corrected chi connectivity index (χ2v) is 5.52. The van der Waals surface area contributed by atoms with Crippen LogP contribution in [-0.4, -0.2) is 11.9 Å². The standard InChI is InChI=1S/C7H9IO4S/c1-6-2-4-7(5-3-6)13(10,11)12-8-9/h2-5,8-9H,1H3. The fraction of sp³-hybridized carbons (Fsp3) is 0.143. The van der Waals surface area contributed by atoms with E-state index >= 15 is 0 Å². The molecule has 13 heavy (non-hydrogen) atoms. The van der Waals surface area contributed by atoms with E-state index in [1.807, 2.05) is 6.92 Å². The second-order valence-electron chi connectivity index (χ2n) is 2.41. The maximum atomic E-state index is 11.2. The normalized spacial score (nSPS) is 11.8. The van der Waals surface area contributed by atoms with E-state index < -0.39 is 32.2 Å². The first-order valence-electron chi connectivity index (χ1n) is 3.37. The van der Waals surface area contributed by atoms with Gasteiger partial charge < -0.3 is 0 Å². The summed E-state index contributed by atoms with van der Waals surface area (Å²) < 4.78 is 35.1. The fourth-order valence-corrected chi connectivity index (χ4v) is 2.77. The molecular formula is C7H9IO4S. The van der Waals surface area contributed by atoms with E-state index in [-0.39, 0.29) is 4.90 Å². The van der Waals surface area contributed by atoms with Crippen LogP contribution < -0.4 is 0 Å². The van der Waals surface area contributed by atoms with Crippen LogP contribution in [0, 0.1) is 6.92 Å². The van der Waals surface area contributed by atoms with Gasteiger partial charge in [-0.2, -0.15) is 0 Å². The Bertz CT molecular complexity index is 370. The number of hydrogen-bond donors (Lipinski definition) is 1. The van der Waals surface area contributed by atoms with Gasteiger partial charge in [0.15, 0.2) is 0 Å². The first-order chi connectivity index (χ1) is 6.06. The van der Waals surface area contributed by atoms with Crippen molar-refractivity contribution in [3.8, 4) is 0 Å². The number of halogens is 1. The average Bonchev–Trinajstić information content (AvgIpc) is 2.05. The Balaban J connectivity index is 3.02. The summed E-state index contributed by atoms with van der Waals surface area (Å²) in [5, 5.41) is 0. The molecule has 1 aromatic rings. The molecule has 4 nitrogen and oxygen atoms in total. The van der Waals surface area contributed by atoms with Crippen molar-refractivity contribution in [3.05, 3.63) is 29.8 Å². The molecule has 0 bridgehead atoms. The summed E-state index contributed by atoms with van der Waals surface area (Å²) in [6.45, 7) is 1.86. The molecule has 6 heteroatoms. The average molecular weight is 316 g/mol. The number of benzene rings is 1. The monoisotopic (exact) mass is 316 g/mol. The molecule has 0 heterocycles. The topological polar surface area (TPSA) is 63.6 Å². The zero-order chi connectivity index (χ0) is 9.90. The SMILES string of the molecule is Cc1ccc(S(=O)(=O)O[IH]O)cc1. The van der Waals surface area contributed by atoms with Gasteiger partial charge in [0.2, 0.25) is 0 Å². The van der Waals surface area contributed by atoms with E-state index in [4.69, 9.17) is 3.44 Å². The Morgan fingerprint density at radius 2 is 1.85 bits per heavy atom. The molecule has 0 saturated heterocycles. The summed E-state index contributed by atoms with van der Waals surface area (Å²) in [4.78, 5) is 0.0808. The van der Waals surface area contributed by atoms with Crippen LogP contribution in [0.3, 0.4) is 0 Å². The third-order valence-electron chi connectivity index (χ3n) is 1.43. The van der Waals surface area contributed by atoms with Crippen molar-refractivity contribution in [1.82, 2.24) is 0 Å². The van der Waals surface area contributed by atoms with Crippen molar-refractivity contribution < 1.29 is 14.4 Å². The zero-order valence-corrected chi connectivity index (χ0v) is 9.94. The number of aryl methyl sites for hydroxylation is 1. The molecule has 0 aliphatic carbocycles. The van der Waals surface area contributed by atoms with Gasteiger partial charge in [-0.15, -0.1) is 0 Å². The Morgan fingerprint density at radius 1 is 1.31 bits per heavy atom. The minimum absolute atomic E-state index is 0.0808. The van der Waals surface area contributed by atoms with Crippen molar-refractivity contribution in [3.63, 3.8) is 0 Å². The van der Waals surface area contributed by atoms with Crippen LogP contribution in [0.4, 0.5) is 0 Å². The van der Waals surface area contributed by atoms with Crippen LogP contribution in [0.15, 0.2) is 29.2 Å². The van der Waals surface area contributed by atoms with E-state index in [0.717, 1.165) is 5.56 Å². The predicted octanol–water partition coefficient (Wildman–Crippen LogP) is 1.23. The van der Waals surface area contributed by atoms with Crippen molar-refractivity contribution >= 4 is 32.2 Å². The van der Waals surface area contributed by atoms with E-state index in [2.05, 4.69) is 2.51 Å². The van der Waals surface area contributed by atoms with Gasteiger partial charge in [-0.05, 0) is 0 Å². The predicted molar refractivity (Wildman–Crippen MR) is 57.1 cm³/mol. The Labute approximate surface area is 88.0 Å². The van der Waals surface area contributed by atoms with Gasteiger partial charge in [-0.3, -0.25) is 0 Å². The van der Waals surface area contributed by atoms with Crippen LogP contribution in [0.25, 0.3) is 0 Å². The van der Waals surface area contributed by atoms with E-state index in [1.54, 1.807) is 12.1 Å². The van der Waals surface area contributed by atoms with Gasteiger partial charge in [-0.1, -0.05) is 0 Å². The van der Waals surface area contributed by atoms with Crippen LogP contribution in [-0.2, 0) is 12.6 Å². The first kappa shape index (κ1) is 10.9. The summed E-state index contributed by atoms with van der Waals surface area (Å²) in [6.07, 6.45) is 0. The first-order valence-corrected chi connectivity index (χ1v) is 6.78.